The number of furan rings is 1. The Balaban J connectivity index is 1.61. The lowest BCUT2D eigenvalue weighted by Gasteiger charge is -2.02. The third-order valence-electron chi connectivity index (χ3n) is 3.59. The lowest BCUT2D eigenvalue weighted by molar-refractivity contribution is -0.385. The Morgan fingerprint density at radius 2 is 2.20 bits per heavy atom. The number of hydrogen-bond acceptors (Lipinski definition) is 6. The molecule has 0 aromatic carbocycles. The highest BCUT2D eigenvalue weighted by Crippen LogP contribution is 2.13. The zero-order valence-corrected chi connectivity index (χ0v) is 13.7. The monoisotopic (exact) mass is 344 g/mol. The fraction of sp³-hybridized carbons (Fsp3) is 0.267. The molecule has 1 N–H and O–H groups in total. The van der Waals surface area contributed by atoms with Crippen LogP contribution in [0.15, 0.2) is 35.1 Å². The van der Waals surface area contributed by atoms with Crippen molar-refractivity contribution in [1.29, 1.82) is 0 Å². The van der Waals surface area contributed by atoms with E-state index in [1.807, 2.05) is 20.2 Å². The molecule has 1 amide bonds. The van der Waals surface area contributed by atoms with Gasteiger partial charge in [0.1, 0.15) is 18.2 Å². The molecule has 0 saturated heterocycles. The summed E-state index contributed by atoms with van der Waals surface area (Å²) in [6, 6.07) is 3.19. The van der Waals surface area contributed by atoms with Gasteiger partial charge in [-0.2, -0.15) is 10.2 Å². The molecule has 3 heterocycles. The van der Waals surface area contributed by atoms with Gasteiger partial charge in [0, 0.05) is 25.4 Å². The molecule has 0 aliphatic carbocycles. The summed E-state index contributed by atoms with van der Waals surface area (Å²) in [6.07, 6.45) is 4.30. The topological polar surface area (TPSA) is 121 Å². The molecule has 130 valence electrons. The Morgan fingerprint density at radius 1 is 1.40 bits per heavy atom. The first kappa shape index (κ1) is 16.4. The first-order chi connectivity index (χ1) is 11.9. The number of nitrogens with zero attached hydrogens (tertiary/aromatic N) is 5. The van der Waals surface area contributed by atoms with Gasteiger partial charge in [0.25, 0.3) is 5.91 Å². The first-order valence-corrected chi connectivity index (χ1v) is 7.45. The number of nitro groups is 1. The quantitative estimate of drug-likeness (QED) is 0.533. The van der Waals surface area contributed by atoms with Gasteiger partial charge in [0.2, 0.25) is 0 Å². The molecule has 10 nitrogen and oxygen atoms in total. The lowest BCUT2D eigenvalue weighted by Crippen LogP contribution is -2.22. The van der Waals surface area contributed by atoms with Gasteiger partial charge >= 0.3 is 5.69 Å². The van der Waals surface area contributed by atoms with Crippen LogP contribution in [0.2, 0.25) is 0 Å². The highest BCUT2D eigenvalue weighted by molar-refractivity contribution is 5.91. The van der Waals surface area contributed by atoms with Gasteiger partial charge in [0.05, 0.1) is 17.2 Å². The minimum Gasteiger partial charge on any atom is -0.454 e. The van der Waals surface area contributed by atoms with E-state index in [0.717, 1.165) is 17.5 Å². The second-order valence-corrected chi connectivity index (χ2v) is 5.52. The van der Waals surface area contributed by atoms with Crippen LogP contribution in [0.1, 0.15) is 27.6 Å². The highest BCUT2D eigenvalue weighted by atomic mass is 16.6. The predicted octanol–water partition coefficient (Wildman–Crippen LogP) is 1.40. The van der Waals surface area contributed by atoms with Gasteiger partial charge in [-0.3, -0.25) is 24.3 Å². The van der Waals surface area contributed by atoms with E-state index in [0.29, 0.717) is 12.3 Å². The van der Waals surface area contributed by atoms with E-state index in [2.05, 4.69) is 15.5 Å². The van der Waals surface area contributed by atoms with Crippen molar-refractivity contribution in [3.8, 4) is 0 Å². The summed E-state index contributed by atoms with van der Waals surface area (Å²) >= 11 is 0. The van der Waals surface area contributed by atoms with Crippen LogP contribution in [0.25, 0.3) is 0 Å². The van der Waals surface area contributed by atoms with Gasteiger partial charge in [-0.25, -0.2) is 0 Å². The van der Waals surface area contributed by atoms with Crippen molar-refractivity contribution >= 4 is 11.6 Å². The molecule has 3 aromatic rings. The van der Waals surface area contributed by atoms with Gasteiger partial charge in [-0.1, -0.05) is 0 Å². The van der Waals surface area contributed by atoms with E-state index in [9.17, 15) is 14.9 Å². The third kappa shape index (κ3) is 3.74. The minimum atomic E-state index is -0.523. The maximum atomic E-state index is 12.2. The number of aryl methyl sites for hydroxylation is 2. The maximum Gasteiger partial charge on any atom is 0.307 e. The number of hydrogen-bond donors (Lipinski definition) is 1. The number of nitrogens with one attached hydrogen (secondary N) is 1. The molecule has 0 fully saturated rings. The summed E-state index contributed by atoms with van der Waals surface area (Å²) in [7, 11) is 1.82. The van der Waals surface area contributed by atoms with Crippen molar-refractivity contribution in [2.45, 2.75) is 20.0 Å². The van der Waals surface area contributed by atoms with Crippen LogP contribution in [0, 0.1) is 17.0 Å². The molecule has 0 saturated carbocycles. The van der Waals surface area contributed by atoms with Crippen LogP contribution in [0.5, 0.6) is 0 Å². The van der Waals surface area contributed by atoms with Gasteiger partial charge in [-0.05, 0) is 19.1 Å². The van der Waals surface area contributed by atoms with Crippen LogP contribution in [0.4, 0.5) is 5.69 Å². The van der Waals surface area contributed by atoms with E-state index in [-0.39, 0.29) is 23.9 Å². The largest absolute Gasteiger partial charge is 0.454 e. The molecule has 0 unspecified atom stereocenters. The summed E-state index contributed by atoms with van der Waals surface area (Å²) in [4.78, 5) is 22.3. The van der Waals surface area contributed by atoms with E-state index in [4.69, 9.17) is 4.42 Å². The van der Waals surface area contributed by atoms with Crippen molar-refractivity contribution in [2.75, 3.05) is 0 Å². The number of aromatic nitrogens is 4. The third-order valence-corrected chi connectivity index (χ3v) is 3.59. The van der Waals surface area contributed by atoms with Crippen LogP contribution >= 0.6 is 0 Å². The summed E-state index contributed by atoms with van der Waals surface area (Å²) in [5.41, 5.74) is 1.67. The fourth-order valence-corrected chi connectivity index (χ4v) is 2.36. The molecule has 25 heavy (non-hydrogen) atoms. The van der Waals surface area contributed by atoms with Gasteiger partial charge in [0.15, 0.2) is 5.76 Å². The fourth-order valence-electron chi connectivity index (χ4n) is 2.36. The van der Waals surface area contributed by atoms with Crippen molar-refractivity contribution in [2.24, 2.45) is 7.05 Å². The van der Waals surface area contributed by atoms with Crippen molar-refractivity contribution in [3.63, 3.8) is 0 Å². The standard InChI is InChI=1S/C15H16N6O4/c1-10-11(7-19(2)18-10)5-16-15(22)14-4-3-13(25-14)9-20-8-12(6-17-20)21(23)24/h3-4,6-8H,5,9H2,1-2H3,(H,16,22). The van der Waals surface area contributed by atoms with Crippen LogP contribution in [-0.4, -0.2) is 30.4 Å². The number of carbonyl (C=O) groups is 1. The van der Waals surface area contributed by atoms with Crippen molar-refractivity contribution in [3.05, 3.63) is 63.6 Å². The molecular weight excluding hydrogens is 328 g/mol. The summed E-state index contributed by atoms with van der Waals surface area (Å²) < 4.78 is 8.54. The second kappa shape index (κ2) is 6.59. The number of carbonyl (C=O) groups excluding carboxylic acids is 1. The van der Waals surface area contributed by atoms with Gasteiger partial charge in [-0.15, -0.1) is 0 Å². The van der Waals surface area contributed by atoms with E-state index in [1.54, 1.807) is 16.8 Å². The zero-order chi connectivity index (χ0) is 18.0. The SMILES string of the molecule is Cc1nn(C)cc1CNC(=O)c1ccc(Cn2cc([N+](=O)[O-])cn2)o1. The van der Waals surface area contributed by atoms with Crippen LogP contribution in [-0.2, 0) is 20.1 Å². The normalized spacial score (nSPS) is 10.8. The first-order valence-electron chi connectivity index (χ1n) is 7.45. The van der Waals surface area contributed by atoms with Crippen molar-refractivity contribution < 1.29 is 14.1 Å². The molecular formula is C15H16N6O4. The molecule has 0 aliphatic heterocycles. The Bertz CT molecular complexity index is 922. The van der Waals surface area contributed by atoms with Crippen LogP contribution < -0.4 is 5.32 Å². The Kier molecular flexibility index (Phi) is 4.33. The average molecular weight is 344 g/mol. The molecule has 0 aliphatic rings. The van der Waals surface area contributed by atoms with Crippen LogP contribution in [0.3, 0.4) is 0 Å². The Hall–Kier alpha value is -3.43. The predicted molar refractivity (Wildman–Crippen MR) is 85.8 cm³/mol. The van der Waals surface area contributed by atoms with E-state index < -0.39 is 4.92 Å². The number of rotatable bonds is 6. The zero-order valence-electron chi connectivity index (χ0n) is 13.7. The summed E-state index contributed by atoms with van der Waals surface area (Å²) in [6.45, 7) is 2.42. The molecule has 0 bridgehead atoms. The molecule has 10 heteroatoms. The number of amides is 1. The summed E-state index contributed by atoms with van der Waals surface area (Å²) in [5.74, 6) is 0.292. The highest BCUT2D eigenvalue weighted by Gasteiger charge is 2.14. The van der Waals surface area contributed by atoms with Crippen molar-refractivity contribution in [1.82, 2.24) is 24.9 Å². The summed E-state index contributed by atoms with van der Waals surface area (Å²) in [5, 5.41) is 21.5. The molecule has 3 rings (SSSR count). The lowest BCUT2D eigenvalue weighted by atomic mass is 10.2. The maximum absolute atomic E-state index is 12.2. The molecule has 0 spiro atoms. The van der Waals surface area contributed by atoms with E-state index >= 15 is 0 Å². The second-order valence-electron chi connectivity index (χ2n) is 5.52. The van der Waals surface area contributed by atoms with Gasteiger partial charge < -0.3 is 9.73 Å². The Morgan fingerprint density at radius 3 is 2.84 bits per heavy atom. The average Bonchev–Trinajstić information content (AvgIpc) is 3.26. The minimum absolute atomic E-state index is 0.101. The Labute approximate surface area is 142 Å². The smallest absolute Gasteiger partial charge is 0.307 e. The molecule has 0 radical (unpaired) electrons. The molecule has 3 aromatic heterocycles. The molecule has 0 atom stereocenters. The van der Waals surface area contributed by atoms with E-state index in [1.165, 1.54) is 10.9 Å².